The van der Waals surface area contributed by atoms with Crippen molar-refractivity contribution in [3.8, 4) is 0 Å². The molecule has 20 heavy (non-hydrogen) atoms. The Kier molecular flexibility index (Phi) is 3.76. The summed E-state index contributed by atoms with van der Waals surface area (Å²) in [5.74, 6) is -1.31. The van der Waals surface area contributed by atoms with Crippen LogP contribution in [-0.4, -0.2) is 14.4 Å². The number of carbonyl (C=O) groups excluding carboxylic acids is 1. The summed E-state index contributed by atoms with van der Waals surface area (Å²) < 4.78 is 26.6. The van der Waals surface area contributed by atoms with Gasteiger partial charge in [-0.25, -0.2) is 8.42 Å². The standard InChI is InChI=1S/C14H13NO4S/c1-10-2-8-13(9-3-10)20(18,19)15-12-6-4-11(5-7-12)14(16)17/h2-9,15H,1H3,(H,16,17)/p-1. The number of nitrogens with one attached hydrogen (secondary N) is 1. The Balaban J connectivity index is 2.24. The zero-order chi connectivity index (χ0) is 14.8. The van der Waals surface area contributed by atoms with Gasteiger partial charge in [-0.3, -0.25) is 4.72 Å². The molecule has 6 heteroatoms. The van der Waals surface area contributed by atoms with E-state index in [1.54, 1.807) is 12.1 Å². The number of sulfonamides is 1. The summed E-state index contributed by atoms with van der Waals surface area (Å²) in [5, 5.41) is 10.6. The number of anilines is 1. The SMILES string of the molecule is Cc1ccc(S(=O)(=O)Nc2ccc(C(=O)[O-])cc2)cc1. The Morgan fingerprint density at radius 3 is 2.05 bits per heavy atom. The van der Waals surface area contributed by atoms with Gasteiger partial charge in [-0.05, 0) is 36.8 Å². The van der Waals surface area contributed by atoms with E-state index in [4.69, 9.17) is 0 Å². The predicted octanol–water partition coefficient (Wildman–Crippen LogP) is 1.16. The second-order valence-corrected chi connectivity index (χ2v) is 5.97. The number of aromatic carboxylic acids is 1. The molecular formula is C14H12NO4S-. The molecule has 0 heterocycles. The number of rotatable bonds is 4. The maximum Gasteiger partial charge on any atom is 0.261 e. The van der Waals surface area contributed by atoms with E-state index in [2.05, 4.69) is 4.72 Å². The van der Waals surface area contributed by atoms with E-state index in [-0.39, 0.29) is 16.1 Å². The number of carboxylic acids is 1. The van der Waals surface area contributed by atoms with Gasteiger partial charge in [0.15, 0.2) is 0 Å². The summed E-state index contributed by atoms with van der Waals surface area (Å²) in [4.78, 5) is 10.7. The van der Waals surface area contributed by atoms with Crippen molar-refractivity contribution in [1.82, 2.24) is 0 Å². The van der Waals surface area contributed by atoms with Crippen LogP contribution in [-0.2, 0) is 10.0 Å². The first-order chi connectivity index (χ1) is 9.38. The normalized spacial score (nSPS) is 11.1. The molecule has 0 unspecified atom stereocenters. The molecule has 2 aromatic rings. The fraction of sp³-hybridized carbons (Fsp3) is 0.0714. The second-order valence-electron chi connectivity index (χ2n) is 4.28. The van der Waals surface area contributed by atoms with Gasteiger partial charge in [0, 0.05) is 5.69 Å². The first-order valence-electron chi connectivity index (χ1n) is 5.79. The monoisotopic (exact) mass is 290 g/mol. The number of carbonyl (C=O) groups is 1. The van der Waals surface area contributed by atoms with Crippen molar-refractivity contribution in [3.05, 3.63) is 59.7 Å². The third-order valence-electron chi connectivity index (χ3n) is 2.70. The molecule has 2 aromatic carbocycles. The molecule has 104 valence electrons. The molecule has 2 rings (SSSR count). The third-order valence-corrected chi connectivity index (χ3v) is 4.10. The zero-order valence-corrected chi connectivity index (χ0v) is 11.5. The summed E-state index contributed by atoms with van der Waals surface area (Å²) in [7, 11) is -3.68. The molecule has 0 aliphatic carbocycles. The van der Waals surface area contributed by atoms with Crippen LogP contribution < -0.4 is 9.83 Å². The Hall–Kier alpha value is -2.34. The van der Waals surface area contributed by atoms with E-state index in [0.29, 0.717) is 0 Å². The highest BCUT2D eigenvalue weighted by Gasteiger charge is 2.13. The van der Waals surface area contributed by atoms with E-state index in [9.17, 15) is 18.3 Å². The summed E-state index contributed by atoms with van der Waals surface area (Å²) >= 11 is 0. The van der Waals surface area contributed by atoms with Crippen molar-refractivity contribution in [3.63, 3.8) is 0 Å². The minimum atomic E-state index is -3.68. The van der Waals surface area contributed by atoms with Gasteiger partial charge in [0.2, 0.25) is 0 Å². The topological polar surface area (TPSA) is 86.3 Å². The van der Waals surface area contributed by atoms with Crippen molar-refractivity contribution >= 4 is 21.7 Å². The van der Waals surface area contributed by atoms with Gasteiger partial charge in [-0.2, -0.15) is 0 Å². The van der Waals surface area contributed by atoms with E-state index in [1.807, 2.05) is 6.92 Å². The molecule has 0 aliphatic heterocycles. The average Bonchev–Trinajstić information content (AvgIpc) is 2.39. The Morgan fingerprint density at radius 1 is 1.00 bits per heavy atom. The summed E-state index contributed by atoms with van der Waals surface area (Å²) in [6.45, 7) is 1.86. The maximum absolute atomic E-state index is 12.1. The van der Waals surface area contributed by atoms with Crippen molar-refractivity contribution in [2.75, 3.05) is 4.72 Å². The van der Waals surface area contributed by atoms with Gasteiger partial charge >= 0.3 is 0 Å². The number of hydrogen-bond acceptors (Lipinski definition) is 4. The summed E-state index contributed by atoms with van der Waals surface area (Å²) in [5.41, 5.74) is 1.24. The van der Waals surface area contributed by atoms with Crippen LogP contribution in [0.2, 0.25) is 0 Å². The van der Waals surface area contributed by atoms with Crippen LogP contribution in [0.5, 0.6) is 0 Å². The van der Waals surface area contributed by atoms with Gasteiger partial charge in [-0.1, -0.05) is 29.8 Å². The van der Waals surface area contributed by atoms with E-state index < -0.39 is 16.0 Å². The molecule has 0 fully saturated rings. The fourth-order valence-electron chi connectivity index (χ4n) is 1.61. The number of carboxylic acid groups (broad SMARTS) is 1. The van der Waals surface area contributed by atoms with E-state index in [0.717, 1.165) is 5.56 Å². The van der Waals surface area contributed by atoms with Crippen molar-refractivity contribution in [2.45, 2.75) is 11.8 Å². The zero-order valence-electron chi connectivity index (χ0n) is 10.7. The third kappa shape index (κ3) is 3.16. The first kappa shape index (κ1) is 14.1. The number of hydrogen-bond donors (Lipinski definition) is 1. The smallest absolute Gasteiger partial charge is 0.261 e. The molecule has 0 amide bonds. The van der Waals surface area contributed by atoms with Crippen LogP contribution >= 0.6 is 0 Å². The Labute approximate surface area is 116 Å². The lowest BCUT2D eigenvalue weighted by Gasteiger charge is -2.09. The largest absolute Gasteiger partial charge is 0.545 e. The van der Waals surface area contributed by atoms with Crippen LogP contribution in [0.15, 0.2) is 53.4 Å². The van der Waals surface area contributed by atoms with Gasteiger partial charge in [0.1, 0.15) is 0 Å². The minimum Gasteiger partial charge on any atom is -0.545 e. The molecular weight excluding hydrogens is 278 g/mol. The molecule has 0 spiro atoms. The van der Waals surface area contributed by atoms with E-state index >= 15 is 0 Å². The van der Waals surface area contributed by atoms with Crippen LogP contribution in [0.1, 0.15) is 15.9 Å². The van der Waals surface area contributed by atoms with Crippen LogP contribution in [0.25, 0.3) is 0 Å². The maximum atomic E-state index is 12.1. The lowest BCUT2D eigenvalue weighted by Crippen LogP contribution is -2.22. The van der Waals surface area contributed by atoms with Crippen molar-refractivity contribution in [2.24, 2.45) is 0 Å². The summed E-state index contributed by atoms with van der Waals surface area (Å²) in [6.07, 6.45) is 0. The predicted molar refractivity (Wildman–Crippen MR) is 72.8 cm³/mol. The lowest BCUT2D eigenvalue weighted by molar-refractivity contribution is -0.255. The summed E-state index contributed by atoms with van der Waals surface area (Å²) in [6, 6.07) is 11.7. The van der Waals surface area contributed by atoms with Crippen LogP contribution in [0.4, 0.5) is 5.69 Å². The number of aryl methyl sites for hydroxylation is 1. The molecule has 0 aliphatic rings. The molecule has 1 N–H and O–H groups in total. The van der Waals surface area contributed by atoms with Gasteiger partial charge in [0.25, 0.3) is 10.0 Å². The van der Waals surface area contributed by atoms with Gasteiger partial charge < -0.3 is 9.90 Å². The van der Waals surface area contributed by atoms with Crippen molar-refractivity contribution in [1.29, 1.82) is 0 Å². The molecule has 0 aromatic heterocycles. The molecule has 0 radical (unpaired) electrons. The Morgan fingerprint density at radius 2 is 1.55 bits per heavy atom. The second kappa shape index (κ2) is 5.34. The highest BCUT2D eigenvalue weighted by Crippen LogP contribution is 2.17. The molecule has 0 saturated heterocycles. The number of benzene rings is 2. The highest BCUT2D eigenvalue weighted by atomic mass is 32.2. The minimum absolute atomic E-state index is 0.0108. The molecule has 0 bridgehead atoms. The quantitative estimate of drug-likeness (QED) is 0.915. The lowest BCUT2D eigenvalue weighted by atomic mass is 10.2. The van der Waals surface area contributed by atoms with Gasteiger partial charge in [0.05, 0.1) is 10.9 Å². The highest BCUT2D eigenvalue weighted by molar-refractivity contribution is 7.92. The van der Waals surface area contributed by atoms with Crippen LogP contribution in [0.3, 0.4) is 0 Å². The van der Waals surface area contributed by atoms with Gasteiger partial charge in [-0.15, -0.1) is 0 Å². The molecule has 0 saturated carbocycles. The fourth-order valence-corrected chi connectivity index (χ4v) is 2.66. The molecule has 5 nitrogen and oxygen atoms in total. The average molecular weight is 290 g/mol. The molecule has 0 atom stereocenters. The first-order valence-corrected chi connectivity index (χ1v) is 7.28. The van der Waals surface area contributed by atoms with Crippen LogP contribution in [0, 0.1) is 6.92 Å². The van der Waals surface area contributed by atoms with E-state index in [1.165, 1.54) is 36.4 Å². The Bertz CT molecular complexity index is 719. The van der Waals surface area contributed by atoms with Crippen molar-refractivity contribution < 1.29 is 18.3 Å².